The van der Waals surface area contributed by atoms with Crippen LogP contribution in [0.25, 0.3) is 0 Å². The molecular formula is C29H47NO4. The third kappa shape index (κ3) is 5.96. The lowest BCUT2D eigenvalue weighted by Gasteiger charge is -2.52. The van der Waals surface area contributed by atoms with Gasteiger partial charge >= 0.3 is 0 Å². The van der Waals surface area contributed by atoms with Gasteiger partial charge in [0.05, 0.1) is 29.4 Å². The third-order valence-electron chi connectivity index (χ3n) is 9.44. The monoisotopic (exact) mass is 473 g/mol. The van der Waals surface area contributed by atoms with E-state index in [2.05, 4.69) is 68.4 Å². The number of rotatable bonds is 10. The normalized spacial score (nSPS) is 22.4. The Hall–Kier alpha value is -1.61. The van der Waals surface area contributed by atoms with Crippen LogP contribution in [0.2, 0.25) is 0 Å². The van der Waals surface area contributed by atoms with Crippen molar-refractivity contribution < 1.29 is 19.7 Å². The van der Waals surface area contributed by atoms with Gasteiger partial charge in [-0.1, -0.05) is 62.3 Å². The Morgan fingerprint density at radius 1 is 0.941 bits per heavy atom. The smallest absolute Gasteiger partial charge is 0.188 e. The van der Waals surface area contributed by atoms with E-state index in [0.29, 0.717) is 11.1 Å². The zero-order valence-corrected chi connectivity index (χ0v) is 22.9. The first-order chi connectivity index (χ1) is 15.6. The molecule has 0 spiro atoms. The minimum atomic E-state index is -0.702. The van der Waals surface area contributed by atoms with Crippen molar-refractivity contribution in [3.63, 3.8) is 0 Å². The highest BCUT2D eigenvalue weighted by atomic mass is 16.7. The number of hydrogen-bond donors (Lipinski definition) is 2. The lowest BCUT2D eigenvalue weighted by Crippen LogP contribution is -2.49. The van der Waals surface area contributed by atoms with E-state index < -0.39 is 6.29 Å². The molecule has 1 aliphatic heterocycles. The van der Waals surface area contributed by atoms with Crippen LogP contribution < -0.4 is 0 Å². The molecular weight excluding hydrogens is 426 g/mol. The minimum Gasteiger partial charge on any atom is -0.507 e. The summed E-state index contributed by atoms with van der Waals surface area (Å²) in [4.78, 5) is 0. The SMILES string of the molecule is CCC1CC(C(C)(C)C(C)(C)CCC(C)(C)C(C)(C)CCO)OC(c2cc(C#N)ccc2O)O1. The van der Waals surface area contributed by atoms with Crippen molar-refractivity contribution in [2.75, 3.05) is 6.61 Å². The van der Waals surface area contributed by atoms with E-state index >= 15 is 0 Å². The molecule has 192 valence electrons. The first kappa shape index (κ1) is 28.6. The number of phenolic OH excluding ortho intramolecular Hbond substituents is 1. The fraction of sp³-hybridized carbons (Fsp3) is 0.759. The number of hydrogen-bond acceptors (Lipinski definition) is 5. The van der Waals surface area contributed by atoms with Crippen LogP contribution in [0.4, 0.5) is 0 Å². The van der Waals surface area contributed by atoms with Crippen LogP contribution in [-0.4, -0.2) is 29.0 Å². The molecule has 0 aliphatic carbocycles. The summed E-state index contributed by atoms with van der Waals surface area (Å²) in [5, 5.41) is 29.4. The van der Waals surface area contributed by atoms with E-state index in [9.17, 15) is 15.5 Å². The maximum Gasteiger partial charge on any atom is 0.188 e. The van der Waals surface area contributed by atoms with Gasteiger partial charge in [0.15, 0.2) is 6.29 Å². The molecule has 2 N–H and O–H groups in total. The first-order valence-electron chi connectivity index (χ1n) is 12.8. The molecule has 1 aromatic carbocycles. The Bertz CT molecular complexity index is 865. The van der Waals surface area contributed by atoms with Crippen LogP contribution >= 0.6 is 0 Å². The van der Waals surface area contributed by atoms with Gasteiger partial charge in [0.1, 0.15) is 5.75 Å². The van der Waals surface area contributed by atoms with E-state index in [1.165, 1.54) is 6.07 Å². The third-order valence-corrected chi connectivity index (χ3v) is 9.44. The molecule has 5 nitrogen and oxygen atoms in total. The molecule has 34 heavy (non-hydrogen) atoms. The van der Waals surface area contributed by atoms with Gasteiger partial charge in [0.2, 0.25) is 0 Å². The van der Waals surface area contributed by atoms with E-state index in [1.54, 1.807) is 12.1 Å². The first-order valence-corrected chi connectivity index (χ1v) is 12.8. The largest absolute Gasteiger partial charge is 0.507 e. The summed E-state index contributed by atoms with van der Waals surface area (Å²) in [6.07, 6.45) is 3.76. The van der Waals surface area contributed by atoms with Crippen molar-refractivity contribution in [3.8, 4) is 11.8 Å². The van der Waals surface area contributed by atoms with Crippen molar-refractivity contribution in [2.24, 2.45) is 21.7 Å². The Labute approximate surface area is 207 Å². The number of nitrogens with zero attached hydrogens (tertiary/aromatic N) is 1. The maximum absolute atomic E-state index is 10.5. The van der Waals surface area contributed by atoms with Crippen molar-refractivity contribution in [2.45, 2.75) is 113 Å². The van der Waals surface area contributed by atoms with Crippen LogP contribution in [0.3, 0.4) is 0 Å². The molecule has 0 radical (unpaired) electrons. The molecule has 1 aliphatic rings. The minimum absolute atomic E-state index is 0.0175. The van der Waals surface area contributed by atoms with Crippen LogP contribution in [0.15, 0.2) is 18.2 Å². The van der Waals surface area contributed by atoms with E-state index in [4.69, 9.17) is 9.47 Å². The fourth-order valence-corrected chi connectivity index (χ4v) is 4.73. The van der Waals surface area contributed by atoms with E-state index in [-0.39, 0.29) is 46.2 Å². The predicted molar refractivity (Wildman–Crippen MR) is 136 cm³/mol. The second-order valence-corrected chi connectivity index (χ2v) is 12.6. The molecule has 0 aromatic heterocycles. The Morgan fingerprint density at radius 3 is 2.09 bits per heavy atom. The summed E-state index contributed by atoms with van der Waals surface area (Å²) in [6, 6.07) is 6.94. The highest BCUT2D eigenvalue weighted by Crippen LogP contribution is 2.53. The Morgan fingerprint density at radius 2 is 1.53 bits per heavy atom. The number of nitriles is 1. The summed E-state index contributed by atoms with van der Waals surface area (Å²) in [7, 11) is 0. The average molecular weight is 474 g/mol. The Kier molecular flexibility index (Phi) is 8.89. The van der Waals surface area contributed by atoms with Gasteiger partial charge in [0.25, 0.3) is 0 Å². The van der Waals surface area contributed by atoms with Gasteiger partial charge in [-0.3, -0.25) is 0 Å². The molecule has 0 saturated carbocycles. The van der Waals surface area contributed by atoms with Crippen LogP contribution in [0.1, 0.15) is 112 Å². The zero-order valence-electron chi connectivity index (χ0n) is 22.9. The maximum atomic E-state index is 10.5. The number of aliphatic hydroxyl groups is 1. The molecule has 0 amide bonds. The van der Waals surface area contributed by atoms with E-state index in [0.717, 1.165) is 32.1 Å². The van der Waals surface area contributed by atoms with Crippen molar-refractivity contribution in [1.29, 1.82) is 5.26 Å². The van der Waals surface area contributed by atoms with Crippen molar-refractivity contribution in [1.82, 2.24) is 0 Å². The lowest BCUT2D eigenvalue weighted by molar-refractivity contribution is -0.280. The fourth-order valence-electron chi connectivity index (χ4n) is 4.73. The summed E-state index contributed by atoms with van der Waals surface area (Å²) in [6.45, 7) is 20.7. The van der Waals surface area contributed by atoms with Gasteiger partial charge < -0.3 is 19.7 Å². The van der Waals surface area contributed by atoms with Gasteiger partial charge in [-0.15, -0.1) is 0 Å². The number of aromatic hydroxyl groups is 1. The van der Waals surface area contributed by atoms with Crippen LogP contribution in [0.5, 0.6) is 5.75 Å². The van der Waals surface area contributed by atoms with Gasteiger partial charge in [0, 0.05) is 13.0 Å². The number of ether oxygens (including phenoxy) is 2. The molecule has 1 heterocycles. The molecule has 1 fully saturated rings. The summed E-state index contributed by atoms with van der Waals surface area (Å²) in [5.41, 5.74) is 0.921. The lowest BCUT2D eigenvalue weighted by atomic mass is 9.57. The van der Waals surface area contributed by atoms with Crippen LogP contribution in [0, 0.1) is 33.0 Å². The molecule has 3 unspecified atom stereocenters. The molecule has 0 bridgehead atoms. The van der Waals surface area contributed by atoms with Gasteiger partial charge in [-0.2, -0.15) is 5.26 Å². The molecule has 1 saturated heterocycles. The molecule has 5 heteroatoms. The molecule has 1 aromatic rings. The van der Waals surface area contributed by atoms with Crippen molar-refractivity contribution >= 4 is 0 Å². The highest BCUT2D eigenvalue weighted by molar-refractivity contribution is 5.42. The Balaban J connectivity index is 2.28. The standard InChI is InChI=1S/C29H47NO4/c1-10-21-18-24(34-25(33-21)22-17-20(19-30)11-12-23(22)32)29(8,9)28(6,7)14-13-26(2,3)27(4,5)15-16-31/h11-12,17,21,24-25,31-32H,10,13-16,18H2,1-9H3. The van der Waals surface area contributed by atoms with E-state index in [1.807, 2.05) is 0 Å². The summed E-state index contributed by atoms with van der Waals surface area (Å²) < 4.78 is 12.8. The van der Waals surface area contributed by atoms with Crippen molar-refractivity contribution in [3.05, 3.63) is 29.3 Å². The molecule has 2 rings (SSSR count). The topological polar surface area (TPSA) is 82.7 Å². The quantitative estimate of drug-likeness (QED) is 0.378. The highest BCUT2D eigenvalue weighted by Gasteiger charge is 2.49. The second-order valence-electron chi connectivity index (χ2n) is 12.6. The van der Waals surface area contributed by atoms with Crippen LogP contribution in [-0.2, 0) is 9.47 Å². The summed E-state index contributed by atoms with van der Waals surface area (Å²) >= 11 is 0. The number of aliphatic hydroxyl groups excluding tert-OH is 1. The number of phenols is 1. The van der Waals surface area contributed by atoms with Gasteiger partial charge in [-0.05, 0) is 65.5 Å². The number of benzene rings is 1. The summed E-state index contributed by atoms with van der Waals surface area (Å²) in [5.74, 6) is 0.0874. The van der Waals surface area contributed by atoms with Gasteiger partial charge in [-0.25, -0.2) is 0 Å². The predicted octanol–water partition coefficient (Wildman–Crippen LogP) is 7.11. The second kappa shape index (κ2) is 10.6. The zero-order chi connectivity index (χ0) is 25.9. The molecule has 3 atom stereocenters. The average Bonchev–Trinajstić information content (AvgIpc) is 2.77.